The highest BCUT2D eigenvalue weighted by atomic mass is 16.6. The van der Waals surface area contributed by atoms with Gasteiger partial charge >= 0.3 is 6.09 Å². The van der Waals surface area contributed by atoms with Crippen molar-refractivity contribution < 1.29 is 23.9 Å². The monoisotopic (exact) mass is 504 g/mol. The van der Waals surface area contributed by atoms with Crippen molar-refractivity contribution in [1.82, 2.24) is 15.5 Å². The fourth-order valence-corrected chi connectivity index (χ4v) is 3.75. The van der Waals surface area contributed by atoms with Crippen LogP contribution in [0.25, 0.3) is 0 Å². The second-order valence-corrected chi connectivity index (χ2v) is 9.90. The van der Waals surface area contributed by atoms with Gasteiger partial charge in [-0.05, 0) is 51.2 Å². The van der Waals surface area contributed by atoms with Crippen LogP contribution in [-0.4, -0.2) is 53.4 Å². The molecule has 0 bridgehead atoms. The summed E-state index contributed by atoms with van der Waals surface area (Å²) in [6.45, 7) is 11.8. The molecule has 202 valence electrons. The number of aryl methyl sites for hydroxylation is 1. The van der Waals surface area contributed by atoms with E-state index in [1.165, 1.54) is 4.90 Å². The molecule has 0 aromatic heterocycles. The Morgan fingerprint density at radius 2 is 1.64 bits per heavy atom. The van der Waals surface area contributed by atoms with Crippen molar-refractivity contribution in [2.45, 2.75) is 97.8 Å². The molecule has 9 nitrogen and oxygen atoms in total. The molecule has 9 heteroatoms. The molecule has 0 aliphatic heterocycles. The normalized spacial score (nSPS) is 12.8. The lowest BCUT2D eigenvalue weighted by molar-refractivity contribution is -0.143. The van der Waals surface area contributed by atoms with Gasteiger partial charge in [-0.25, -0.2) is 4.79 Å². The van der Waals surface area contributed by atoms with E-state index in [1.54, 1.807) is 20.8 Å². The van der Waals surface area contributed by atoms with Crippen LogP contribution in [0.15, 0.2) is 24.3 Å². The number of hydrogen-bond donors (Lipinski definition) is 3. The lowest BCUT2D eigenvalue weighted by Gasteiger charge is -2.34. The predicted molar refractivity (Wildman–Crippen MR) is 140 cm³/mol. The number of benzene rings is 1. The second kappa shape index (κ2) is 15.1. The van der Waals surface area contributed by atoms with E-state index in [-0.39, 0.29) is 12.5 Å². The molecule has 36 heavy (non-hydrogen) atoms. The second-order valence-electron chi connectivity index (χ2n) is 9.90. The molecule has 4 amide bonds. The molecule has 2 unspecified atom stereocenters. The Labute approximate surface area is 215 Å². The van der Waals surface area contributed by atoms with Crippen LogP contribution in [0.1, 0.15) is 90.8 Å². The van der Waals surface area contributed by atoms with Gasteiger partial charge in [0, 0.05) is 13.1 Å². The first-order chi connectivity index (χ1) is 16.9. The molecule has 0 aliphatic rings. The zero-order valence-electron chi connectivity index (χ0n) is 22.7. The maximum absolute atomic E-state index is 13.8. The van der Waals surface area contributed by atoms with Gasteiger partial charge in [0.1, 0.15) is 17.7 Å². The van der Waals surface area contributed by atoms with Crippen molar-refractivity contribution in [3.05, 3.63) is 35.4 Å². The van der Waals surface area contributed by atoms with Crippen LogP contribution >= 0.6 is 0 Å². The van der Waals surface area contributed by atoms with E-state index in [4.69, 9.17) is 10.5 Å². The van der Waals surface area contributed by atoms with Crippen molar-refractivity contribution in [2.75, 3.05) is 13.1 Å². The number of rotatable bonds is 14. The van der Waals surface area contributed by atoms with Crippen LogP contribution in [0.4, 0.5) is 4.79 Å². The van der Waals surface area contributed by atoms with Gasteiger partial charge in [0.2, 0.25) is 17.7 Å². The fourth-order valence-electron chi connectivity index (χ4n) is 3.75. The number of carbonyl (C=O) groups excluding carboxylic acids is 4. The van der Waals surface area contributed by atoms with E-state index >= 15 is 0 Å². The number of amides is 4. The predicted octanol–water partition coefficient (Wildman–Crippen LogP) is 3.60. The fraction of sp³-hybridized carbons (Fsp3) is 0.630. The molecule has 0 aliphatic carbocycles. The number of unbranched alkanes of at least 4 members (excludes halogenated alkanes) is 2. The third-order valence-corrected chi connectivity index (χ3v) is 5.49. The van der Waals surface area contributed by atoms with E-state index < -0.39 is 42.0 Å². The number of nitrogens with two attached hydrogens (primary N) is 1. The molecule has 0 radical (unpaired) electrons. The number of ether oxygens (including phenoxy) is 1. The average molecular weight is 505 g/mol. The summed E-state index contributed by atoms with van der Waals surface area (Å²) < 4.78 is 5.28. The zero-order valence-corrected chi connectivity index (χ0v) is 22.7. The Morgan fingerprint density at radius 3 is 2.14 bits per heavy atom. The molecule has 0 saturated carbocycles. The summed E-state index contributed by atoms with van der Waals surface area (Å²) >= 11 is 0. The molecular weight excluding hydrogens is 460 g/mol. The largest absolute Gasteiger partial charge is 0.444 e. The Morgan fingerprint density at radius 1 is 1.00 bits per heavy atom. The molecular formula is C27H44N4O5. The Balaban J connectivity index is 3.37. The van der Waals surface area contributed by atoms with Crippen molar-refractivity contribution in [3.8, 4) is 0 Å². The third-order valence-electron chi connectivity index (χ3n) is 5.49. The van der Waals surface area contributed by atoms with Gasteiger partial charge < -0.3 is 26.0 Å². The van der Waals surface area contributed by atoms with Crippen LogP contribution in [0.3, 0.4) is 0 Å². The van der Waals surface area contributed by atoms with Gasteiger partial charge in [-0.1, -0.05) is 57.9 Å². The first kappa shape index (κ1) is 30.9. The smallest absolute Gasteiger partial charge is 0.408 e. The minimum atomic E-state index is -1.27. The van der Waals surface area contributed by atoms with Gasteiger partial charge in [0.25, 0.3) is 0 Å². The first-order valence-corrected chi connectivity index (χ1v) is 12.9. The van der Waals surface area contributed by atoms with Gasteiger partial charge in [0.05, 0.1) is 6.42 Å². The Hall–Kier alpha value is -3.10. The summed E-state index contributed by atoms with van der Waals surface area (Å²) in [7, 11) is 0. The number of hydrogen-bond acceptors (Lipinski definition) is 5. The molecule has 2 atom stereocenters. The summed E-state index contributed by atoms with van der Waals surface area (Å²) in [6.07, 6.45) is 2.97. The van der Waals surface area contributed by atoms with Crippen LogP contribution in [0.5, 0.6) is 0 Å². The summed E-state index contributed by atoms with van der Waals surface area (Å²) in [6, 6.07) is 5.35. The highest BCUT2D eigenvalue weighted by Gasteiger charge is 2.36. The summed E-state index contributed by atoms with van der Waals surface area (Å²) in [5, 5.41) is 5.44. The maximum Gasteiger partial charge on any atom is 0.408 e. The molecule has 0 fully saturated rings. The average Bonchev–Trinajstić information content (AvgIpc) is 2.79. The number of nitrogens with zero attached hydrogens (tertiary/aromatic N) is 1. The SMILES string of the molecule is CCCCCNC(=O)C(c1ccc(CC)cc1)N(CCC)C(=O)C(CC(N)=O)NC(=O)OC(C)(C)C. The standard InChI is InChI=1S/C27H44N4O5/c1-7-10-11-16-29-24(33)23(20-14-12-19(9-3)13-15-20)31(17-8-2)25(34)21(18-22(28)32)30-26(35)36-27(4,5)6/h12-15,21,23H,7-11,16-18H2,1-6H3,(H2,28,32)(H,29,33)(H,30,35). The number of carbonyl (C=O) groups is 4. The summed E-state index contributed by atoms with van der Waals surface area (Å²) in [5.74, 6) is -1.64. The lowest BCUT2D eigenvalue weighted by atomic mass is 9.99. The summed E-state index contributed by atoms with van der Waals surface area (Å²) in [5.41, 5.74) is 6.36. The molecule has 1 aromatic rings. The van der Waals surface area contributed by atoms with Gasteiger partial charge in [0.15, 0.2) is 0 Å². The summed E-state index contributed by atoms with van der Waals surface area (Å²) in [4.78, 5) is 52.8. The van der Waals surface area contributed by atoms with Crippen LogP contribution < -0.4 is 16.4 Å². The number of alkyl carbamates (subject to hydrolysis) is 1. The van der Waals surface area contributed by atoms with Crippen molar-refractivity contribution in [1.29, 1.82) is 0 Å². The number of nitrogens with one attached hydrogen (secondary N) is 2. The lowest BCUT2D eigenvalue weighted by Crippen LogP contribution is -2.54. The Kier molecular flexibility index (Phi) is 13.0. The van der Waals surface area contributed by atoms with Gasteiger partial charge in [-0.2, -0.15) is 0 Å². The minimum Gasteiger partial charge on any atom is -0.444 e. The Bertz CT molecular complexity index is 864. The maximum atomic E-state index is 13.8. The molecule has 1 rings (SSSR count). The van der Waals surface area contributed by atoms with E-state index in [1.807, 2.05) is 38.1 Å². The third kappa shape index (κ3) is 10.7. The highest BCUT2D eigenvalue weighted by Crippen LogP contribution is 2.24. The van der Waals surface area contributed by atoms with E-state index in [0.717, 1.165) is 31.2 Å². The van der Waals surface area contributed by atoms with E-state index in [2.05, 4.69) is 17.6 Å². The van der Waals surface area contributed by atoms with Crippen LogP contribution in [0, 0.1) is 0 Å². The zero-order chi connectivity index (χ0) is 27.3. The van der Waals surface area contributed by atoms with E-state index in [9.17, 15) is 19.2 Å². The van der Waals surface area contributed by atoms with E-state index in [0.29, 0.717) is 18.5 Å². The molecule has 0 spiro atoms. The van der Waals surface area contributed by atoms with Crippen LogP contribution in [-0.2, 0) is 25.5 Å². The van der Waals surface area contributed by atoms with Crippen LogP contribution in [0.2, 0.25) is 0 Å². The molecule has 0 saturated heterocycles. The van der Waals surface area contributed by atoms with Crippen molar-refractivity contribution in [3.63, 3.8) is 0 Å². The van der Waals surface area contributed by atoms with Gasteiger partial charge in [-0.3, -0.25) is 14.4 Å². The van der Waals surface area contributed by atoms with Crippen molar-refractivity contribution in [2.24, 2.45) is 5.73 Å². The highest BCUT2D eigenvalue weighted by molar-refractivity contribution is 5.94. The minimum absolute atomic E-state index is 0.243. The molecule has 1 aromatic carbocycles. The topological polar surface area (TPSA) is 131 Å². The molecule has 0 heterocycles. The quantitative estimate of drug-likeness (QED) is 0.333. The molecule has 4 N–H and O–H groups in total. The number of primary amides is 1. The van der Waals surface area contributed by atoms with Crippen molar-refractivity contribution >= 4 is 23.8 Å². The van der Waals surface area contributed by atoms with Gasteiger partial charge in [-0.15, -0.1) is 0 Å². The first-order valence-electron chi connectivity index (χ1n) is 12.9.